The highest BCUT2D eigenvalue weighted by atomic mass is 35.5. The molecule has 0 spiro atoms. The van der Waals surface area contributed by atoms with Gasteiger partial charge in [0.1, 0.15) is 0 Å². The highest BCUT2D eigenvalue weighted by Crippen LogP contribution is 2.29. The number of rotatable bonds is 3. The number of pyridine rings is 1. The number of aromatic nitrogens is 2. The molecule has 5 heteroatoms. The topological polar surface area (TPSA) is 29.3 Å². The third-order valence-electron chi connectivity index (χ3n) is 2.93. The van der Waals surface area contributed by atoms with Crippen molar-refractivity contribution in [2.75, 3.05) is 5.32 Å². The molecule has 3 nitrogen and oxygen atoms in total. The first-order chi connectivity index (χ1) is 9.25. The molecule has 19 heavy (non-hydrogen) atoms. The number of nitrogens with zero attached hydrogens (tertiary/aromatic N) is 2. The molecule has 0 unspecified atom stereocenters. The summed E-state index contributed by atoms with van der Waals surface area (Å²) in [6.07, 6.45) is 3.77. The van der Waals surface area contributed by atoms with E-state index in [1.54, 1.807) is 6.07 Å². The Hall–Kier alpha value is -1.71. The number of hydrogen-bond donors (Lipinski definition) is 1. The van der Waals surface area contributed by atoms with Gasteiger partial charge in [-0.15, -0.1) is 0 Å². The summed E-state index contributed by atoms with van der Waals surface area (Å²) in [6, 6.07) is 11.5. The molecule has 96 valence electrons. The van der Waals surface area contributed by atoms with Crippen molar-refractivity contribution in [3.8, 4) is 0 Å². The summed E-state index contributed by atoms with van der Waals surface area (Å²) in [6.45, 7) is 0.646. The van der Waals surface area contributed by atoms with Crippen LogP contribution in [0.3, 0.4) is 0 Å². The quantitative estimate of drug-likeness (QED) is 0.781. The number of halogens is 2. The Morgan fingerprint density at radius 2 is 2.00 bits per heavy atom. The van der Waals surface area contributed by atoms with Gasteiger partial charge in [0.05, 0.1) is 27.4 Å². The Labute approximate surface area is 120 Å². The Kier molecular flexibility index (Phi) is 3.32. The predicted molar refractivity (Wildman–Crippen MR) is 79.0 cm³/mol. The standard InChI is InChI=1S/C14H11Cl2N3/c15-11-4-3-5-12(14(11)16)17-8-10-9-18-19-7-2-1-6-13(10)19/h1-7,9,17H,8H2. The second-order valence-electron chi connectivity index (χ2n) is 4.16. The SMILES string of the molecule is Clc1cccc(NCc2cnn3ccccc23)c1Cl. The maximum atomic E-state index is 6.14. The smallest absolute Gasteiger partial charge is 0.0823 e. The van der Waals surface area contributed by atoms with Crippen LogP contribution in [-0.4, -0.2) is 9.61 Å². The van der Waals surface area contributed by atoms with Crippen LogP contribution in [0, 0.1) is 0 Å². The van der Waals surface area contributed by atoms with Crippen LogP contribution in [-0.2, 0) is 6.54 Å². The summed E-state index contributed by atoms with van der Waals surface area (Å²) in [5.41, 5.74) is 3.01. The highest BCUT2D eigenvalue weighted by molar-refractivity contribution is 6.43. The fourth-order valence-electron chi connectivity index (χ4n) is 1.95. The van der Waals surface area contributed by atoms with Crippen LogP contribution in [0.15, 0.2) is 48.8 Å². The molecule has 1 N–H and O–H groups in total. The number of fused-ring (bicyclic) bond motifs is 1. The fraction of sp³-hybridized carbons (Fsp3) is 0.0714. The Bertz CT molecular complexity index is 722. The first-order valence-corrected chi connectivity index (χ1v) is 6.60. The van der Waals surface area contributed by atoms with Gasteiger partial charge >= 0.3 is 0 Å². The molecular weight excluding hydrogens is 281 g/mol. The maximum Gasteiger partial charge on any atom is 0.0823 e. The molecule has 0 saturated carbocycles. The van der Waals surface area contributed by atoms with E-state index in [0.29, 0.717) is 16.6 Å². The average molecular weight is 292 g/mol. The van der Waals surface area contributed by atoms with Crippen molar-refractivity contribution in [3.63, 3.8) is 0 Å². The van der Waals surface area contributed by atoms with E-state index in [9.17, 15) is 0 Å². The Morgan fingerprint density at radius 3 is 2.89 bits per heavy atom. The lowest BCUT2D eigenvalue weighted by atomic mass is 10.2. The molecule has 0 saturated heterocycles. The van der Waals surface area contributed by atoms with Gasteiger partial charge in [0.2, 0.25) is 0 Å². The summed E-state index contributed by atoms with van der Waals surface area (Å²) in [4.78, 5) is 0. The Balaban J connectivity index is 1.84. The number of nitrogens with one attached hydrogen (secondary N) is 1. The zero-order valence-corrected chi connectivity index (χ0v) is 11.5. The first kappa shape index (κ1) is 12.3. The summed E-state index contributed by atoms with van der Waals surface area (Å²) < 4.78 is 1.84. The highest BCUT2D eigenvalue weighted by Gasteiger charge is 2.06. The van der Waals surface area contributed by atoms with Gasteiger partial charge in [-0.3, -0.25) is 0 Å². The van der Waals surface area contributed by atoms with Crippen LogP contribution in [0.5, 0.6) is 0 Å². The second kappa shape index (κ2) is 5.11. The van der Waals surface area contributed by atoms with Crippen molar-refractivity contribution < 1.29 is 0 Å². The van der Waals surface area contributed by atoms with E-state index in [4.69, 9.17) is 23.2 Å². The number of hydrogen-bond acceptors (Lipinski definition) is 2. The van der Waals surface area contributed by atoms with Gasteiger partial charge in [0, 0.05) is 18.3 Å². The van der Waals surface area contributed by atoms with Crippen molar-refractivity contribution in [1.82, 2.24) is 9.61 Å². The van der Waals surface area contributed by atoms with E-state index >= 15 is 0 Å². The third kappa shape index (κ3) is 2.39. The van der Waals surface area contributed by atoms with Crippen LogP contribution in [0.25, 0.3) is 5.52 Å². The van der Waals surface area contributed by atoms with Gasteiger partial charge in [0.25, 0.3) is 0 Å². The fourth-order valence-corrected chi connectivity index (χ4v) is 2.32. The van der Waals surface area contributed by atoms with Crippen LogP contribution in [0.4, 0.5) is 5.69 Å². The lowest BCUT2D eigenvalue weighted by Gasteiger charge is -2.08. The van der Waals surface area contributed by atoms with Crippen LogP contribution < -0.4 is 5.32 Å². The van der Waals surface area contributed by atoms with Gasteiger partial charge in [-0.1, -0.05) is 35.3 Å². The predicted octanol–water partition coefficient (Wildman–Crippen LogP) is 4.25. The second-order valence-corrected chi connectivity index (χ2v) is 4.94. The maximum absolute atomic E-state index is 6.14. The van der Waals surface area contributed by atoms with Crippen molar-refractivity contribution in [2.45, 2.75) is 6.54 Å². The minimum absolute atomic E-state index is 0.542. The van der Waals surface area contributed by atoms with Gasteiger partial charge in [-0.25, -0.2) is 4.52 Å². The van der Waals surface area contributed by atoms with Crippen LogP contribution >= 0.6 is 23.2 Å². The molecule has 2 heterocycles. The van der Waals surface area contributed by atoms with Gasteiger partial charge in [-0.05, 0) is 24.3 Å². The van der Waals surface area contributed by atoms with Crippen molar-refractivity contribution in [1.29, 1.82) is 0 Å². The summed E-state index contributed by atoms with van der Waals surface area (Å²) >= 11 is 12.1. The van der Waals surface area contributed by atoms with E-state index in [0.717, 1.165) is 16.8 Å². The zero-order valence-electron chi connectivity index (χ0n) is 9.98. The van der Waals surface area contributed by atoms with Gasteiger partial charge < -0.3 is 5.32 Å². The molecule has 0 fully saturated rings. The lowest BCUT2D eigenvalue weighted by molar-refractivity contribution is 0.961. The normalized spacial score (nSPS) is 10.8. The van der Waals surface area contributed by atoms with Crippen LogP contribution in [0.2, 0.25) is 10.0 Å². The van der Waals surface area contributed by atoms with Crippen molar-refractivity contribution in [3.05, 3.63) is 64.4 Å². The van der Waals surface area contributed by atoms with E-state index in [2.05, 4.69) is 10.4 Å². The molecular formula is C14H11Cl2N3. The summed E-state index contributed by atoms with van der Waals surface area (Å²) in [5, 5.41) is 8.66. The monoisotopic (exact) mass is 291 g/mol. The van der Waals surface area contributed by atoms with Crippen LogP contribution in [0.1, 0.15) is 5.56 Å². The van der Waals surface area contributed by atoms with E-state index in [1.165, 1.54) is 0 Å². The minimum Gasteiger partial charge on any atom is -0.380 e. The van der Waals surface area contributed by atoms with Gasteiger partial charge in [-0.2, -0.15) is 5.10 Å². The third-order valence-corrected chi connectivity index (χ3v) is 3.75. The number of benzene rings is 1. The molecule has 0 aliphatic heterocycles. The summed E-state index contributed by atoms with van der Waals surface area (Å²) in [7, 11) is 0. The van der Waals surface area contributed by atoms with E-state index in [-0.39, 0.29) is 0 Å². The lowest BCUT2D eigenvalue weighted by Crippen LogP contribution is -1.99. The molecule has 3 rings (SSSR count). The van der Waals surface area contributed by atoms with Gasteiger partial charge in [0.15, 0.2) is 0 Å². The molecule has 1 aromatic carbocycles. The molecule has 0 radical (unpaired) electrons. The first-order valence-electron chi connectivity index (χ1n) is 5.85. The zero-order chi connectivity index (χ0) is 13.2. The Morgan fingerprint density at radius 1 is 1.11 bits per heavy atom. The molecule has 0 atom stereocenters. The van der Waals surface area contributed by atoms with E-state index < -0.39 is 0 Å². The molecule has 0 bridgehead atoms. The molecule has 2 aromatic heterocycles. The average Bonchev–Trinajstić information content (AvgIpc) is 2.84. The number of anilines is 1. The largest absolute Gasteiger partial charge is 0.380 e. The minimum atomic E-state index is 0.542. The van der Waals surface area contributed by atoms with Crippen molar-refractivity contribution >= 4 is 34.4 Å². The molecule has 3 aromatic rings. The molecule has 0 aliphatic carbocycles. The van der Waals surface area contributed by atoms with E-state index in [1.807, 2.05) is 47.2 Å². The summed E-state index contributed by atoms with van der Waals surface area (Å²) in [5.74, 6) is 0. The molecule has 0 aliphatic rings. The van der Waals surface area contributed by atoms with Crippen molar-refractivity contribution in [2.24, 2.45) is 0 Å². The molecule has 0 amide bonds.